The number of hydrogen-bond acceptors (Lipinski definition) is 3. The van der Waals surface area contributed by atoms with E-state index in [0.717, 1.165) is 0 Å². The molecule has 0 saturated heterocycles. The molecule has 102 valence electrons. The van der Waals surface area contributed by atoms with Gasteiger partial charge in [-0.25, -0.2) is 4.39 Å². The van der Waals surface area contributed by atoms with Crippen LogP contribution in [0.5, 0.6) is 5.75 Å². The second kappa shape index (κ2) is 5.57. The van der Waals surface area contributed by atoms with Gasteiger partial charge in [0.25, 0.3) is 0 Å². The number of benzene rings is 1. The van der Waals surface area contributed by atoms with Crippen molar-refractivity contribution in [2.75, 3.05) is 6.61 Å². The molecule has 0 atom stereocenters. The molecule has 0 unspecified atom stereocenters. The Morgan fingerprint density at radius 3 is 2.68 bits per heavy atom. The summed E-state index contributed by atoms with van der Waals surface area (Å²) in [5.41, 5.74) is 0.583. The van der Waals surface area contributed by atoms with Crippen LogP contribution in [0, 0.1) is 5.82 Å². The van der Waals surface area contributed by atoms with Gasteiger partial charge in [-0.3, -0.25) is 4.57 Å². The van der Waals surface area contributed by atoms with E-state index in [1.165, 1.54) is 6.07 Å². The molecule has 4 nitrogen and oxygen atoms in total. The highest BCUT2D eigenvalue weighted by Gasteiger charge is 2.16. The molecule has 1 heterocycles. The zero-order valence-electron chi connectivity index (χ0n) is 11.0. The SMILES string of the molecule is CCOc1ccc(-n2c(Cl)nnc2C(C)C)cc1F. The molecule has 0 saturated carbocycles. The quantitative estimate of drug-likeness (QED) is 0.861. The van der Waals surface area contributed by atoms with Gasteiger partial charge in [-0.15, -0.1) is 10.2 Å². The van der Waals surface area contributed by atoms with Crippen molar-refractivity contribution in [3.8, 4) is 11.4 Å². The summed E-state index contributed by atoms with van der Waals surface area (Å²) in [6.45, 7) is 6.17. The van der Waals surface area contributed by atoms with Crippen molar-refractivity contribution in [3.63, 3.8) is 0 Å². The predicted octanol–water partition coefficient (Wildman–Crippen LogP) is 3.58. The molecule has 0 amide bonds. The van der Waals surface area contributed by atoms with Crippen molar-refractivity contribution in [2.24, 2.45) is 0 Å². The molecule has 0 fully saturated rings. The van der Waals surface area contributed by atoms with Crippen molar-refractivity contribution in [1.29, 1.82) is 0 Å². The minimum atomic E-state index is -0.432. The number of ether oxygens (including phenoxy) is 1. The normalized spacial score (nSPS) is 11.1. The first-order chi connectivity index (χ1) is 9.04. The fraction of sp³-hybridized carbons (Fsp3) is 0.385. The number of hydrogen-bond donors (Lipinski definition) is 0. The van der Waals surface area contributed by atoms with Crippen LogP contribution in [0.1, 0.15) is 32.5 Å². The van der Waals surface area contributed by atoms with E-state index in [0.29, 0.717) is 18.1 Å². The molecule has 0 N–H and O–H groups in total. The van der Waals surface area contributed by atoms with Crippen LogP contribution in [-0.4, -0.2) is 21.4 Å². The average molecular weight is 284 g/mol. The summed E-state index contributed by atoms with van der Waals surface area (Å²) in [7, 11) is 0. The van der Waals surface area contributed by atoms with Gasteiger partial charge in [-0.2, -0.15) is 0 Å². The molecule has 0 bridgehead atoms. The largest absolute Gasteiger partial charge is 0.491 e. The standard InChI is InChI=1S/C13H15ClFN3O/c1-4-19-11-6-5-9(7-10(11)15)18-12(8(2)3)16-17-13(18)14/h5-8H,4H2,1-3H3. The Balaban J connectivity index is 2.48. The maximum Gasteiger partial charge on any atom is 0.229 e. The van der Waals surface area contributed by atoms with E-state index in [2.05, 4.69) is 10.2 Å². The fourth-order valence-corrected chi connectivity index (χ4v) is 2.01. The minimum absolute atomic E-state index is 0.134. The predicted molar refractivity (Wildman–Crippen MR) is 71.6 cm³/mol. The van der Waals surface area contributed by atoms with Crippen LogP contribution >= 0.6 is 11.6 Å². The highest BCUT2D eigenvalue weighted by Crippen LogP contribution is 2.26. The van der Waals surface area contributed by atoms with E-state index >= 15 is 0 Å². The van der Waals surface area contributed by atoms with Gasteiger partial charge >= 0.3 is 0 Å². The van der Waals surface area contributed by atoms with Crippen LogP contribution < -0.4 is 4.74 Å². The lowest BCUT2D eigenvalue weighted by atomic mass is 10.2. The van der Waals surface area contributed by atoms with Gasteiger partial charge in [0.15, 0.2) is 11.6 Å². The van der Waals surface area contributed by atoms with Crippen molar-refractivity contribution in [1.82, 2.24) is 14.8 Å². The molecular formula is C13H15ClFN3O. The van der Waals surface area contributed by atoms with Crippen molar-refractivity contribution < 1.29 is 9.13 Å². The highest BCUT2D eigenvalue weighted by molar-refractivity contribution is 6.28. The molecule has 0 aliphatic carbocycles. The first-order valence-electron chi connectivity index (χ1n) is 6.08. The second-order valence-electron chi connectivity index (χ2n) is 4.37. The van der Waals surface area contributed by atoms with E-state index in [4.69, 9.17) is 16.3 Å². The molecule has 0 aliphatic heterocycles. The fourth-order valence-electron chi connectivity index (χ4n) is 1.79. The van der Waals surface area contributed by atoms with Gasteiger partial charge in [0.1, 0.15) is 5.82 Å². The van der Waals surface area contributed by atoms with Crippen LogP contribution in [0.3, 0.4) is 0 Å². The maximum atomic E-state index is 13.9. The molecule has 1 aromatic carbocycles. The van der Waals surface area contributed by atoms with Crippen molar-refractivity contribution >= 4 is 11.6 Å². The molecule has 6 heteroatoms. The maximum absolute atomic E-state index is 13.9. The number of nitrogens with zero attached hydrogens (tertiary/aromatic N) is 3. The summed E-state index contributed by atoms with van der Waals surface area (Å²) in [6.07, 6.45) is 0. The molecule has 0 spiro atoms. The van der Waals surface area contributed by atoms with Crippen LogP contribution in [0.4, 0.5) is 4.39 Å². The molecule has 1 aromatic heterocycles. The summed E-state index contributed by atoms with van der Waals surface area (Å²) >= 11 is 6.01. The molecular weight excluding hydrogens is 269 g/mol. The van der Waals surface area contributed by atoms with E-state index in [1.54, 1.807) is 23.6 Å². The molecule has 0 aliphatic rings. The Kier molecular flexibility index (Phi) is 4.04. The zero-order valence-corrected chi connectivity index (χ0v) is 11.8. The van der Waals surface area contributed by atoms with Gasteiger partial charge in [-0.05, 0) is 30.7 Å². The van der Waals surface area contributed by atoms with E-state index in [-0.39, 0.29) is 17.0 Å². The lowest BCUT2D eigenvalue weighted by Gasteiger charge is -2.11. The molecule has 0 radical (unpaired) electrons. The number of rotatable bonds is 4. The average Bonchev–Trinajstić information content (AvgIpc) is 2.74. The first-order valence-corrected chi connectivity index (χ1v) is 6.46. The van der Waals surface area contributed by atoms with Crippen LogP contribution in [-0.2, 0) is 0 Å². The van der Waals surface area contributed by atoms with Crippen molar-refractivity contribution in [2.45, 2.75) is 26.7 Å². The third kappa shape index (κ3) is 2.71. The summed E-state index contributed by atoms with van der Waals surface area (Å²) in [4.78, 5) is 0. The Hall–Kier alpha value is -1.62. The van der Waals surface area contributed by atoms with Crippen molar-refractivity contribution in [3.05, 3.63) is 35.1 Å². The van der Waals surface area contributed by atoms with Gasteiger partial charge in [0.05, 0.1) is 12.3 Å². The molecule has 19 heavy (non-hydrogen) atoms. The van der Waals surface area contributed by atoms with E-state index in [9.17, 15) is 4.39 Å². The lowest BCUT2D eigenvalue weighted by Crippen LogP contribution is -2.04. The number of halogens is 2. The first kappa shape index (κ1) is 13.8. The van der Waals surface area contributed by atoms with Gasteiger partial charge < -0.3 is 4.74 Å². The van der Waals surface area contributed by atoms with E-state index < -0.39 is 5.82 Å². The molecule has 2 aromatic rings. The highest BCUT2D eigenvalue weighted by atomic mass is 35.5. The topological polar surface area (TPSA) is 39.9 Å². The zero-order chi connectivity index (χ0) is 14.0. The van der Waals surface area contributed by atoms with Gasteiger partial charge in [-0.1, -0.05) is 13.8 Å². The van der Waals surface area contributed by atoms with E-state index in [1.807, 2.05) is 13.8 Å². The third-order valence-electron chi connectivity index (χ3n) is 2.64. The Morgan fingerprint density at radius 1 is 1.37 bits per heavy atom. The Labute approximate surface area is 116 Å². The number of aromatic nitrogens is 3. The summed E-state index contributed by atoms with van der Waals surface area (Å²) in [5, 5.41) is 8.05. The van der Waals surface area contributed by atoms with Crippen LogP contribution in [0.25, 0.3) is 5.69 Å². The van der Waals surface area contributed by atoms with Gasteiger partial charge in [0, 0.05) is 12.0 Å². The lowest BCUT2D eigenvalue weighted by molar-refractivity contribution is 0.321. The summed E-state index contributed by atoms with van der Waals surface area (Å²) in [6, 6.07) is 4.68. The summed E-state index contributed by atoms with van der Waals surface area (Å²) in [5.74, 6) is 0.614. The van der Waals surface area contributed by atoms with Crippen LogP contribution in [0.2, 0.25) is 5.28 Å². The van der Waals surface area contributed by atoms with Gasteiger partial charge in [0.2, 0.25) is 5.28 Å². The monoisotopic (exact) mass is 283 g/mol. The molecule has 2 rings (SSSR count). The third-order valence-corrected chi connectivity index (χ3v) is 2.88. The Morgan fingerprint density at radius 2 is 2.11 bits per heavy atom. The minimum Gasteiger partial charge on any atom is -0.491 e. The Bertz CT molecular complexity index is 583. The van der Waals surface area contributed by atoms with Crippen LogP contribution in [0.15, 0.2) is 18.2 Å². The second-order valence-corrected chi connectivity index (χ2v) is 4.70. The smallest absolute Gasteiger partial charge is 0.229 e. The summed E-state index contributed by atoms with van der Waals surface area (Å²) < 4.78 is 20.7.